The molecule has 0 radical (unpaired) electrons. The van der Waals surface area contributed by atoms with Crippen molar-refractivity contribution in [3.63, 3.8) is 0 Å². The lowest BCUT2D eigenvalue weighted by atomic mass is 10.1. The van der Waals surface area contributed by atoms with Crippen LogP contribution in [0.25, 0.3) is 0 Å². The molecule has 0 amide bonds. The lowest BCUT2D eigenvalue weighted by Crippen LogP contribution is -2.24. The molecule has 0 heterocycles. The fraction of sp³-hybridized carbons (Fsp3) is 0.600. The van der Waals surface area contributed by atoms with Crippen molar-refractivity contribution in [2.45, 2.75) is 26.4 Å². The van der Waals surface area contributed by atoms with E-state index < -0.39 is 0 Å². The summed E-state index contributed by atoms with van der Waals surface area (Å²) in [6.07, 6.45) is 0.873. The Morgan fingerprint density at radius 3 is 2.44 bits per heavy atom. The van der Waals surface area contributed by atoms with E-state index in [0.717, 1.165) is 30.2 Å². The number of hydrogen-bond donors (Lipinski definition) is 1. The van der Waals surface area contributed by atoms with Crippen molar-refractivity contribution in [3.05, 3.63) is 35.9 Å². The van der Waals surface area contributed by atoms with Crippen LogP contribution in [0, 0.1) is 0 Å². The Hall–Kier alpha value is -0.510. The molecular weight excluding hydrogens is 242 g/mol. The molecule has 0 bridgehead atoms. The zero-order valence-electron chi connectivity index (χ0n) is 11.5. The highest BCUT2D eigenvalue weighted by molar-refractivity contribution is 7.99. The van der Waals surface area contributed by atoms with E-state index >= 15 is 0 Å². The molecule has 0 saturated carbocycles. The minimum atomic E-state index is -0.329. The summed E-state index contributed by atoms with van der Waals surface area (Å²) < 4.78 is 0. The number of rotatable bonds is 9. The Bertz CT molecular complexity index is 301. The van der Waals surface area contributed by atoms with Crippen LogP contribution in [-0.4, -0.2) is 41.1 Å². The molecule has 1 aromatic rings. The van der Waals surface area contributed by atoms with E-state index in [2.05, 4.69) is 18.7 Å². The highest BCUT2D eigenvalue weighted by atomic mass is 32.2. The summed E-state index contributed by atoms with van der Waals surface area (Å²) in [4.78, 5) is 2.44. The van der Waals surface area contributed by atoms with E-state index in [4.69, 9.17) is 0 Å². The molecule has 3 heteroatoms. The second-order valence-electron chi connectivity index (χ2n) is 4.38. The molecule has 0 fully saturated rings. The van der Waals surface area contributed by atoms with Gasteiger partial charge in [0, 0.05) is 5.75 Å². The van der Waals surface area contributed by atoms with Crippen LogP contribution in [-0.2, 0) is 0 Å². The smallest absolute Gasteiger partial charge is 0.0880 e. The first kappa shape index (κ1) is 15.5. The van der Waals surface area contributed by atoms with Gasteiger partial charge in [0.05, 0.1) is 6.10 Å². The lowest BCUT2D eigenvalue weighted by Gasteiger charge is -2.17. The van der Waals surface area contributed by atoms with Crippen molar-refractivity contribution in [1.82, 2.24) is 4.90 Å². The molecule has 1 atom stereocenters. The minimum absolute atomic E-state index is 0.329. The van der Waals surface area contributed by atoms with Crippen LogP contribution in [0.4, 0.5) is 0 Å². The second-order valence-corrected chi connectivity index (χ2v) is 5.53. The number of aliphatic hydroxyl groups excluding tert-OH is 1. The van der Waals surface area contributed by atoms with Gasteiger partial charge in [-0.3, -0.25) is 0 Å². The van der Waals surface area contributed by atoms with Crippen LogP contribution in [0.5, 0.6) is 0 Å². The summed E-state index contributed by atoms with van der Waals surface area (Å²) in [6.45, 7) is 7.84. The first-order chi connectivity index (χ1) is 8.77. The van der Waals surface area contributed by atoms with Crippen molar-refractivity contribution < 1.29 is 5.11 Å². The third-order valence-electron chi connectivity index (χ3n) is 3.12. The highest BCUT2D eigenvalue weighted by Crippen LogP contribution is 2.18. The Morgan fingerprint density at radius 2 is 1.83 bits per heavy atom. The predicted molar refractivity (Wildman–Crippen MR) is 81.1 cm³/mol. The average molecular weight is 267 g/mol. The zero-order valence-corrected chi connectivity index (χ0v) is 12.3. The normalized spacial score (nSPS) is 12.9. The Morgan fingerprint density at radius 1 is 1.17 bits per heavy atom. The number of thioether (sulfide) groups is 1. The van der Waals surface area contributed by atoms with E-state index in [1.807, 2.05) is 42.1 Å². The molecule has 0 aromatic heterocycles. The number of hydrogen-bond acceptors (Lipinski definition) is 3. The van der Waals surface area contributed by atoms with Crippen molar-refractivity contribution in [1.29, 1.82) is 0 Å². The average Bonchev–Trinajstić information content (AvgIpc) is 2.43. The molecule has 0 spiro atoms. The topological polar surface area (TPSA) is 23.5 Å². The molecule has 0 aliphatic heterocycles. The van der Waals surface area contributed by atoms with Crippen LogP contribution in [0.2, 0.25) is 0 Å². The van der Waals surface area contributed by atoms with Gasteiger partial charge >= 0.3 is 0 Å². The fourth-order valence-electron chi connectivity index (χ4n) is 1.90. The summed E-state index contributed by atoms with van der Waals surface area (Å²) in [5.41, 5.74) is 1.02. The number of nitrogens with zero attached hydrogens (tertiary/aromatic N) is 1. The summed E-state index contributed by atoms with van der Waals surface area (Å²) >= 11 is 1.84. The van der Waals surface area contributed by atoms with Crippen LogP contribution in [0.15, 0.2) is 30.3 Å². The van der Waals surface area contributed by atoms with Crippen molar-refractivity contribution >= 4 is 11.8 Å². The second kappa shape index (κ2) is 9.42. The molecular formula is C15H25NOS. The van der Waals surface area contributed by atoms with E-state index in [0.29, 0.717) is 0 Å². The Labute approximate surface area is 115 Å². The van der Waals surface area contributed by atoms with Crippen LogP contribution in [0.1, 0.15) is 31.9 Å². The highest BCUT2D eigenvalue weighted by Gasteiger charge is 2.06. The van der Waals surface area contributed by atoms with Gasteiger partial charge in [0.1, 0.15) is 0 Å². The molecule has 0 saturated heterocycles. The maximum Gasteiger partial charge on any atom is 0.0880 e. The summed E-state index contributed by atoms with van der Waals surface area (Å²) in [6, 6.07) is 9.91. The van der Waals surface area contributed by atoms with Crippen LogP contribution >= 0.6 is 11.8 Å². The van der Waals surface area contributed by atoms with Gasteiger partial charge in [0.25, 0.3) is 0 Å². The summed E-state index contributed by atoms with van der Waals surface area (Å²) in [5.74, 6) is 1.92. The first-order valence-corrected chi connectivity index (χ1v) is 7.96. The van der Waals surface area contributed by atoms with Gasteiger partial charge in [-0.05, 0) is 37.4 Å². The molecule has 1 N–H and O–H groups in total. The SMILES string of the molecule is CCN(CC)CCCSC[C@@H](O)c1ccccc1. The van der Waals surface area contributed by atoms with Gasteiger partial charge in [-0.15, -0.1) is 0 Å². The third-order valence-corrected chi connectivity index (χ3v) is 4.25. The molecule has 0 aliphatic rings. The van der Waals surface area contributed by atoms with Gasteiger partial charge in [0.2, 0.25) is 0 Å². The van der Waals surface area contributed by atoms with Gasteiger partial charge in [-0.2, -0.15) is 11.8 Å². The van der Waals surface area contributed by atoms with Crippen molar-refractivity contribution in [3.8, 4) is 0 Å². The van der Waals surface area contributed by atoms with Gasteiger partial charge in [0.15, 0.2) is 0 Å². The largest absolute Gasteiger partial charge is 0.388 e. The van der Waals surface area contributed by atoms with Crippen molar-refractivity contribution in [2.24, 2.45) is 0 Å². The lowest BCUT2D eigenvalue weighted by molar-refractivity contribution is 0.204. The summed E-state index contributed by atoms with van der Waals surface area (Å²) in [5, 5.41) is 9.99. The number of benzene rings is 1. The van der Waals surface area contributed by atoms with Crippen molar-refractivity contribution in [2.75, 3.05) is 31.1 Å². The quantitative estimate of drug-likeness (QED) is 0.695. The Kier molecular flexibility index (Phi) is 8.14. The van der Waals surface area contributed by atoms with Crippen LogP contribution < -0.4 is 0 Å². The van der Waals surface area contributed by atoms with E-state index in [1.165, 1.54) is 13.0 Å². The monoisotopic (exact) mass is 267 g/mol. The molecule has 0 aliphatic carbocycles. The third kappa shape index (κ3) is 5.89. The molecule has 2 nitrogen and oxygen atoms in total. The van der Waals surface area contributed by atoms with Gasteiger partial charge in [-0.1, -0.05) is 44.2 Å². The van der Waals surface area contributed by atoms with Gasteiger partial charge < -0.3 is 10.0 Å². The predicted octanol–water partition coefficient (Wildman–Crippen LogP) is 3.19. The zero-order chi connectivity index (χ0) is 13.2. The number of aliphatic hydroxyl groups is 1. The Balaban J connectivity index is 2.11. The maximum atomic E-state index is 9.99. The molecule has 1 rings (SSSR count). The van der Waals surface area contributed by atoms with Gasteiger partial charge in [-0.25, -0.2) is 0 Å². The van der Waals surface area contributed by atoms with E-state index in [-0.39, 0.29) is 6.10 Å². The van der Waals surface area contributed by atoms with Crippen LogP contribution in [0.3, 0.4) is 0 Å². The first-order valence-electron chi connectivity index (χ1n) is 6.81. The maximum absolute atomic E-state index is 9.99. The van der Waals surface area contributed by atoms with E-state index in [9.17, 15) is 5.11 Å². The summed E-state index contributed by atoms with van der Waals surface area (Å²) in [7, 11) is 0. The molecule has 0 unspecified atom stereocenters. The molecule has 102 valence electrons. The minimum Gasteiger partial charge on any atom is -0.388 e. The standard InChI is InChI=1S/C15H25NOS/c1-3-16(4-2)11-8-12-18-13-15(17)14-9-6-5-7-10-14/h5-7,9-10,15,17H,3-4,8,11-13H2,1-2H3/t15-/m1/s1. The van der Waals surface area contributed by atoms with E-state index in [1.54, 1.807) is 0 Å². The fourth-order valence-corrected chi connectivity index (χ4v) is 2.81. The molecule has 18 heavy (non-hydrogen) atoms. The molecule has 1 aromatic carbocycles.